The highest BCUT2D eigenvalue weighted by atomic mass is 16.2. The largest absolute Gasteiger partial charge is 0.338 e. The number of benzene rings is 1. The third kappa shape index (κ3) is 2.88. The number of hydrogen-bond donors (Lipinski definition) is 1. The Balaban J connectivity index is 2.15. The minimum atomic E-state index is -0.212. The second kappa shape index (κ2) is 6.40. The first kappa shape index (κ1) is 15.0. The van der Waals surface area contributed by atoms with Gasteiger partial charge in [0, 0.05) is 13.6 Å². The lowest BCUT2D eigenvalue weighted by Crippen LogP contribution is -2.51. The molecule has 0 radical (unpaired) electrons. The van der Waals surface area contributed by atoms with Gasteiger partial charge in [0.25, 0.3) is 0 Å². The van der Waals surface area contributed by atoms with Crippen molar-refractivity contribution in [1.29, 1.82) is 0 Å². The van der Waals surface area contributed by atoms with E-state index in [0.717, 1.165) is 32.4 Å². The number of piperidine rings is 1. The van der Waals surface area contributed by atoms with Crippen molar-refractivity contribution < 1.29 is 4.79 Å². The summed E-state index contributed by atoms with van der Waals surface area (Å²) in [7, 11) is 1.94. The normalized spacial score (nSPS) is 24.1. The molecule has 3 heteroatoms. The number of nitrogens with zero attached hydrogens (tertiary/aromatic N) is 1. The van der Waals surface area contributed by atoms with Crippen molar-refractivity contribution in [3.8, 4) is 0 Å². The second-order valence-corrected chi connectivity index (χ2v) is 5.92. The van der Waals surface area contributed by atoms with Crippen molar-refractivity contribution >= 4 is 5.91 Å². The molecule has 2 unspecified atom stereocenters. The van der Waals surface area contributed by atoms with Gasteiger partial charge in [0.05, 0.1) is 11.5 Å². The Kier molecular flexibility index (Phi) is 4.81. The minimum Gasteiger partial charge on any atom is -0.338 e. The van der Waals surface area contributed by atoms with Crippen molar-refractivity contribution in [1.82, 2.24) is 10.2 Å². The molecule has 1 fully saturated rings. The van der Waals surface area contributed by atoms with E-state index in [2.05, 4.69) is 31.3 Å². The molecule has 0 spiro atoms. The van der Waals surface area contributed by atoms with Crippen LogP contribution in [0.15, 0.2) is 30.3 Å². The van der Waals surface area contributed by atoms with Crippen LogP contribution in [-0.2, 0) is 4.79 Å². The molecule has 2 rings (SSSR count). The summed E-state index contributed by atoms with van der Waals surface area (Å²) in [5.41, 5.74) is 0.981. The van der Waals surface area contributed by atoms with Gasteiger partial charge in [0.15, 0.2) is 0 Å². The molecule has 1 aliphatic heterocycles. The number of amides is 1. The van der Waals surface area contributed by atoms with Crippen LogP contribution in [0.2, 0.25) is 0 Å². The van der Waals surface area contributed by atoms with Crippen molar-refractivity contribution in [2.24, 2.45) is 5.41 Å². The average Bonchev–Trinajstić information content (AvgIpc) is 2.54. The first-order chi connectivity index (χ1) is 9.60. The fourth-order valence-electron chi connectivity index (χ4n) is 3.11. The molecule has 1 aromatic carbocycles. The van der Waals surface area contributed by atoms with Gasteiger partial charge in [-0.15, -0.1) is 0 Å². The number of carbonyl (C=O) groups is 1. The third-order valence-corrected chi connectivity index (χ3v) is 4.79. The molecule has 1 aromatic rings. The maximum Gasteiger partial charge on any atom is 0.230 e. The Morgan fingerprint density at radius 2 is 2.10 bits per heavy atom. The highest BCUT2D eigenvalue weighted by Crippen LogP contribution is 2.34. The van der Waals surface area contributed by atoms with Crippen LogP contribution in [0.3, 0.4) is 0 Å². The fraction of sp³-hybridized carbons (Fsp3) is 0.588. The molecule has 0 saturated carbocycles. The fourth-order valence-corrected chi connectivity index (χ4v) is 3.11. The van der Waals surface area contributed by atoms with Crippen LogP contribution in [0.5, 0.6) is 0 Å². The van der Waals surface area contributed by atoms with Crippen molar-refractivity contribution in [3.63, 3.8) is 0 Å². The van der Waals surface area contributed by atoms with Gasteiger partial charge >= 0.3 is 0 Å². The predicted molar refractivity (Wildman–Crippen MR) is 82.5 cm³/mol. The minimum absolute atomic E-state index is 0.119. The van der Waals surface area contributed by atoms with Gasteiger partial charge in [-0.3, -0.25) is 4.79 Å². The quantitative estimate of drug-likeness (QED) is 0.915. The topological polar surface area (TPSA) is 32.3 Å². The van der Waals surface area contributed by atoms with E-state index >= 15 is 0 Å². The zero-order valence-electron chi connectivity index (χ0n) is 12.9. The van der Waals surface area contributed by atoms with Crippen molar-refractivity contribution in [2.75, 3.05) is 20.1 Å². The molecule has 2 atom stereocenters. The van der Waals surface area contributed by atoms with E-state index in [1.165, 1.54) is 5.56 Å². The SMILES string of the molecule is CCC1(C(=O)N(C)C(C)c2ccccc2)CCCNC1. The van der Waals surface area contributed by atoms with E-state index < -0.39 is 0 Å². The summed E-state index contributed by atoms with van der Waals surface area (Å²) >= 11 is 0. The first-order valence-electron chi connectivity index (χ1n) is 7.63. The zero-order valence-corrected chi connectivity index (χ0v) is 12.9. The first-order valence-corrected chi connectivity index (χ1v) is 7.63. The van der Waals surface area contributed by atoms with E-state index in [9.17, 15) is 4.79 Å². The molecule has 1 N–H and O–H groups in total. The molecule has 1 heterocycles. The van der Waals surface area contributed by atoms with Gasteiger partial charge < -0.3 is 10.2 Å². The molecule has 1 aliphatic rings. The number of rotatable bonds is 4. The molecule has 110 valence electrons. The number of hydrogen-bond acceptors (Lipinski definition) is 2. The lowest BCUT2D eigenvalue weighted by Gasteiger charge is -2.40. The van der Waals surface area contributed by atoms with E-state index in [1.54, 1.807) is 0 Å². The highest BCUT2D eigenvalue weighted by molar-refractivity contribution is 5.83. The summed E-state index contributed by atoms with van der Waals surface area (Å²) in [5, 5.41) is 3.39. The van der Waals surface area contributed by atoms with E-state index in [0.29, 0.717) is 0 Å². The maximum atomic E-state index is 13.0. The van der Waals surface area contributed by atoms with Crippen LogP contribution >= 0.6 is 0 Å². The Hall–Kier alpha value is -1.35. The molecule has 1 saturated heterocycles. The van der Waals surface area contributed by atoms with E-state index in [1.807, 2.05) is 30.1 Å². The smallest absolute Gasteiger partial charge is 0.230 e. The molecule has 0 aromatic heterocycles. The van der Waals surface area contributed by atoms with Gasteiger partial charge in [-0.25, -0.2) is 0 Å². The summed E-state index contributed by atoms with van der Waals surface area (Å²) in [5.74, 6) is 0.281. The molecule has 3 nitrogen and oxygen atoms in total. The van der Waals surface area contributed by atoms with Crippen LogP contribution in [0.1, 0.15) is 44.7 Å². The second-order valence-electron chi connectivity index (χ2n) is 5.92. The average molecular weight is 274 g/mol. The third-order valence-electron chi connectivity index (χ3n) is 4.79. The van der Waals surface area contributed by atoms with Crippen molar-refractivity contribution in [2.45, 2.75) is 39.2 Å². The van der Waals surface area contributed by atoms with Crippen molar-refractivity contribution in [3.05, 3.63) is 35.9 Å². The summed E-state index contributed by atoms with van der Waals surface area (Å²) in [6.07, 6.45) is 3.00. The van der Waals surface area contributed by atoms with Gasteiger partial charge in [0.2, 0.25) is 5.91 Å². The lowest BCUT2D eigenvalue weighted by atomic mass is 9.77. The molecule has 1 amide bonds. The summed E-state index contributed by atoms with van der Waals surface area (Å²) in [6.45, 7) is 6.08. The van der Waals surface area contributed by atoms with Crippen LogP contribution in [0.4, 0.5) is 0 Å². The lowest BCUT2D eigenvalue weighted by molar-refractivity contribution is -0.144. The van der Waals surface area contributed by atoms with Gasteiger partial charge in [-0.05, 0) is 38.3 Å². The number of carbonyl (C=O) groups excluding carboxylic acids is 1. The van der Waals surface area contributed by atoms with Crippen LogP contribution in [0, 0.1) is 5.41 Å². The Labute approximate surface area is 122 Å². The van der Waals surface area contributed by atoms with E-state index in [4.69, 9.17) is 0 Å². The zero-order chi connectivity index (χ0) is 14.6. The van der Waals surface area contributed by atoms with Crippen LogP contribution < -0.4 is 5.32 Å². The number of nitrogens with one attached hydrogen (secondary N) is 1. The molecule has 20 heavy (non-hydrogen) atoms. The van der Waals surface area contributed by atoms with Gasteiger partial charge in [0.1, 0.15) is 0 Å². The Morgan fingerprint density at radius 1 is 1.40 bits per heavy atom. The molecular formula is C17H26N2O. The molecule has 0 bridgehead atoms. The van der Waals surface area contributed by atoms with Gasteiger partial charge in [-0.1, -0.05) is 37.3 Å². The monoisotopic (exact) mass is 274 g/mol. The van der Waals surface area contributed by atoms with Gasteiger partial charge in [-0.2, -0.15) is 0 Å². The predicted octanol–water partition coefficient (Wildman–Crippen LogP) is 2.99. The standard InChI is InChI=1S/C17H26N2O/c1-4-17(11-8-12-18-13-17)16(20)19(3)14(2)15-9-6-5-7-10-15/h5-7,9-10,14,18H,4,8,11-13H2,1-3H3. The molecule has 0 aliphatic carbocycles. The van der Waals surface area contributed by atoms with Crippen LogP contribution in [-0.4, -0.2) is 30.9 Å². The van der Waals surface area contributed by atoms with E-state index in [-0.39, 0.29) is 17.4 Å². The summed E-state index contributed by atoms with van der Waals surface area (Å²) < 4.78 is 0. The summed E-state index contributed by atoms with van der Waals surface area (Å²) in [4.78, 5) is 14.9. The Morgan fingerprint density at radius 3 is 2.65 bits per heavy atom. The molecular weight excluding hydrogens is 248 g/mol. The summed E-state index contributed by atoms with van der Waals surface area (Å²) in [6, 6.07) is 10.4. The highest BCUT2D eigenvalue weighted by Gasteiger charge is 2.40. The Bertz CT molecular complexity index is 438. The maximum absolute atomic E-state index is 13.0. The van der Waals surface area contributed by atoms with Crippen LogP contribution in [0.25, 0.3) is 0 Å².